The third kappa shape index (κ3) is 6.89. The van der Waals surface area contributed by atoms with E-state index in [-0.39, 0.29) is 18.6 Å². The molecule has 6 nitrogen and oxygen atoms in total. The van der Waals surface area contributed by atoms with Gasteiger partial charge in [0.1, 0.15) is 0 Å². The molecule has 2 rings (SSSR count). The summed E-state index contributed by atoms with van der Waals surface area (Å²) in [5, 5.41) is 7.38. The van der Waals surface area contributed by atoms with E-state index in [4.69, 9.17) is 4.74 Å². The van der Waals surface area contributed by atoms with Gasteiger partial charge in [-0.3, -0.25) is 9.48 Å². The van der Waals surface area contributed by atoms with Gasteiger partial charge in [0.25, 0.3) is 5.91 Å². The van der Waals surface area contributed by atoms with Crippen molar-refractivity contribution in [1.29, 1.82) is 0 Å². The molecule has 0 saturated carbocycles. The summed E-state index contributed by atoms with van der Waals surface area (Å²) in [7, 11) is 0. The zero-order chi connectivity index (χ0) is 21.4. The van der Waals surface area contributed by atoms with Crippen LogP contribution in [0.4, 0.5) is 0 Å². The highest BCUT2D eigenvalue weighted by atomic mass is 16.5. The second-order valence-corrected chi connectivity index (χ2v) is 7.43. The molecule has 1 aromatic heterocycles. The quantitative estimate of drug-likeness (QED) is 0.517. The van der Waals surface area contributed by atoms with E-state index in [0.717, 1.165) is 29.8 Å². The summed E-state index contributed by atoms with van der Waals surface area (Å²) in [6, 6.07) is 8.41. The number of benzene rings is 1. The summed E-state index contributed by atoms with van der Waals surface area (Å²) in [4.78, 5) is 23.8. The molecule has 0 fully saturated rings. The molecular formula is C23H31N3O3. The van der Waals surface area contributed by atoms with Crippen LogP contribution < -0.4 is 5.32 Å². The van der Waals surface area contributed by atoms with Gasteiger partial charge in [0.2, 0.25) is 0 Å². The Morgan fingerprint density at radius 2 is 1.90 bits per heavy atom. The lowest BCUT2D eigenvalue weighted by atomic mass is 10.1. The minimum atomic E-state index is -0.548. The van der Waals surface area contributed by atoms with Crippen LogP contribution in [0.3, 0.4) is 0 Å². The summed E-state index contributed by atoms with van der Waals surface area (Å²) < 4.78 is 6.96. The van der Waals surface area contributed by atoms with E-state index in [9.17, 15) is 9.59 Å². The van der Waals surface area contributed by atoms with E-state index < -0.39 is 5.97 Å². The smallest absolute Gasteiger partial charge is 0.331 e. The maximum atomic E-state index is 12.0. The van der Waals surface area contributed by atoms with Gasteiger partial charge in [0.05, 0.1) is 12.2 Å². The van der Waals surface area contributed by atoms with Crippen LogP contribution in [0.1, 0.15) is 54.8 Å². The fourth-order valence-corrected chi connectivity index (χ4v) is 3.13. The number of hydrogen-bond acceptors (Lipinski definition) is 4. The van der Waals surface area contributed by atoms with E-state index in [1.165, 1.54) is 17.2 Å². The predicted molar refractivity (Wildman–Crippen MR) is 114 cm³/mol. The van der Waals surface area contributed by atoms with Gasteiger partial charge in [-0.2, -0.15) is 5.10 Å². The van der Waals surface area contributed by atoms with Crippen molar-refractivity contribution in [2.75, 3.05) is 6.61 Å². The molecule has 0 spiro atoms. The molecule has 0 aliphatic rings. The number of hydrogen-bond donors (Lipinski definition) is 1. The first kappa shape index (κ1) is 22.4. The molecule has 0 aliphatic heterocycles. The molecule has 0 saturated heterocycles. The monoisotopic (exact) mass is 397 g/mol. The lowest BCUT2D eigenvalue weighted by Crippen LogP contribution is -2.35. The molecular weight excluding hydrogens is 366 g/mol. The Labute approximate surface area is 173 Å². The van der Waals surface area contributed by atoms with Crippen LogP contribution in [0.15, 0.2) is 30.3 Å². The maximum absolute atomic E-state index is 12.0. The minimum absolute atomic E-state index is 0.0754. The van der Waals surface area contributed by atoms with Crippen LogP contribution in [0, 0.1) is 20.8 Å². The fourth-order valence-electron chi connectivity index (χ4n) is 3.13. The second kappa shape index (κ2) is 10.6. The number of amides is 1. The van der Waals surface area contributed by atoms with E-state index in [1.54, 1.807) is 6.08 Å². The largest absolute Gasteiger partial charge is 0.452 e. The van der Waals surface area contributed by atoms with Crippen molar-refractivity contribution < 1.29 is 14.3 Å². The van der Waals surface area contributed by atoms with Gasteiger partial charge in [-0.05, 0) is 45.8 Å². The number of nitrogens with zero attached hydrogens (tertiary/aromatic N) is 2. The summed E-state index contributed by atoms with van der Waals surface area (Å²) in [5.74, 6) is -0.834. The molecule has 1 heterocycles. The first-order valence-corrected chi connectivity index (χ1v) is 10.0. The van der Waals surface area contributed by atoms with Gasteiger partial charge in [-0.1, -0.05) is 43.2 Å². The molecule has 2 aromatic rings. The van der Waals surface area contributed by atoms with Crippen LogP contribution in [0.2, 0.25) is 0 Å². The van der Waals surface area contributed by atoms with Crippen molar-refractivity contribution in [2.45, 2.75) is 60.0 Å². The molecule has 29 heavy (non-hydrogen) atoms. The Morgan fingerprint density at radius 1 is 1.21 bits per heavy atom. The molecule has 0 unspecified atom stereocenters. The average Bonchev–Trinajstić information content (AvgIpc) is 2.93. The zero-order valence-corrected chi connectivity index (χ0v) is 18.0. The average molecular weight is 398 g/mol. The third-order valence-corrected chi connectivity index (χ3v) is 4.75. The van der Waals surface area contributed by atoms with Gasteiger partial charge in [-0.15, -0.1) is 0 Å². The van der Waals surface area contributed by atoms with Crippen LogP contribution in [0.25, 0.3) is 6.08 Å². The molecule has 0 aliphatic carbocycles. The standard InChI is InChI=1S/C23H31N3O3/c1-6-7-17(3)24-22(27)15-29-23(28)13-12-21-18(4)25-26(19(21)5)14-20-10-8-16(2)9-11-20/h8-13,17H,6-7,14-15H2,1-5H3,(H,24,27)/b13-12+/t17-/m1/s1. The van der Waals surface area contributed by atoms with Crippen molar-refractivity contribution >= 4 is 18.0 Å². The number of rotatable bonds is 9. The minimum Gasteiger partial charge on any atom is -0.452 e. The molecule has 0 bridgehead atoms. The summed E-state index contributed by atoms with van der Waals surface area (Å²) in [6.45, 7) is 10.3. The predicted octanol–water partition coefficient (Wildman–Crippen LogP) is 3.72. The number of esters is 1. The Bertz CT molecular complexity index is 866. The first-order chi connectivity index (χ1) is 13.8. The van der Waals surface area contributed by atoms with Crippen LogP contribution in [0.5, 0.6) is 0 Å². The number of carbonyl (C=O) groups excluding carboxylic acids is 2. The van der Waals surface area contributed by atoms with E-state index >= 15 is 0 Å². The fraction of sp³-hybridized carbons (Fsp3) is 0.435. The van der Waals surface area contributed by atoms with Crippen molar-refractivity contribution in [2.24, 2.45) is 0 Å². The van der Waals surface area contributed by atoms with Crippen LogP contribution in [-0.4, -0.2) is 34.3 Å². The zero-order valence-electron chi connectivity index (χ0n) is 18.0. The lowest BCUT2D eigenvalue weighted by Gasteiger charge is -2.12. The summed E-state index contributed by atoms with van der Waals surface area (Å²) in [6.07, 6.45) is 4.92. The van der Waals surface area contributed by atoms with Crippen molar-refractivity contribution in [3.63, 3.8) is 0 Å². The Kier molecular flexibility index (Phi) is 8.19. The summed E-state index contributed by atoms with van der Waals surface area (Å²) in [5.41, 5.74) is 5.08. The van der Waals surface area contributed by atoms with Crippen molar-refractivity contribution in [3.05, 3.63) is 58.4 Å². The Balaban J connectivity index is 1.94. The Hall–Kier alpha value is -2.89. The second-order valence-electron chi connectivity index (χ2n) is 7.43. The highest BCUT2D eigenvalue weighted by molar-refractivity contribution is 5.89. The summed E-state index contributed by atoms with van der Waals surface area (Å²) >= 11 is 0. The van der Waals surface area contributed by atoms with E-state index in [0.29, 0.717) is 6.54 Å². The molecule has 1 aromatic carbocycles. The lowest BCUT2D eigenvalue weighted by molar-refractivity contribution is -0.144. The van der Waals surface area contributed by atoms with Gasteiger partial charge < -0.3 is 10.1 Å². The third-order valence-electron chi connectivity index (χ3n) is 4.75. The van der Waals surface area contributed by atoms with E-state index in [2.05, 4.69) is 48.5 Å². The van der Waals surface area contributed by atoms with Crippen LogP contribution >= 0.6 is 0 Å². The normalized spacial score (nSPS) is 12.2. The van der Waals surface area contributed by atoms with Gasteiger partial charge in [0.15, 0.2) is 6.61 Å². The molecule has 1 amide bonds. The number of carbonyl (C=O) groups is 2. The highest BCUT2D eigenvalue weighted by Gasteiger charge is 2.11. The van der Waals surface area contributed by atoms with Gasteiger partial charge >= 0.3 is 5.97 Å². The molecule has 1 N–H and O–H groups in total. The number of aryl methyl sites for hydroxylation is 2. The SMILES string of the molecule is CCC[C@@H](C)NC(=O)COC(=O)/C=C/c1c(C)nn(Cc2ccc(C)cc2)c1C. The highest BCUT2D eigenvalue weighted by Crippen LogP contribution is 2.17. The maximum Gasteiger partial charge on any atom is 0.331 e. The van der Waals surface area contributed by atoms with Crippen molar-refractivity contribution in [3.8, 4) is 0 Å². The first-order valence-electron chi connectivity index (χ1n) is 10.0. The topological polar surface area (TPSA) is 73.2 Å². The van der Waals surface area contributed by atoms with Crippen LogP contribution in [-0.2, 0) is 20.9 Å². The number of nitrogens with one attached hydrogen (secondary N) is 1. The van der Waals surface area contributed by atoms with Gasteiger partial charge in [-0.25, -0.2) is 4.79 Å². The molecule has 1 atom stereocenters. The molecule has 6 heteroatoms. The van der Waals surface area contributed by atoms with Crippen molar-refractivity contribution in [1.82, 2.24) is 15.1 Å². The van der Waals surface area contributed by atoms with Gasteiger partial charge in [0, 0.05) is 23.4 Å². The van der Waals surface area contributed by atoms with E-state index in [1.807, 2.05) is 25.5 Å². The molecule has 0 radical (unpaired) electrons. The molecule has 156 valence electrons. The number of ether oxygens (including phenoxy) is 1. The number of aromatic nitrogens is 2. The Morgan fingerprint density at radius 3 is 2.55 bits per heavy atom.